The molecular formula is C19H19NO5S. The van der Waals surface area contributed by atoms with Gasteiger partial charge in [-0.25, -0.2) is 13.2 Å². The topological polar surface area (TPSA) is 80.8 Å². The first kappa shape index (κ1) is 18.1. The van der Waals surface area contributed by atoms with E-state index in [0.29, 0.717) is 36.2 Å². The van der Waals surface area contributed by atoms with E-state index in [0.717, 1.165) is 5.56 Å². The van der Waals surface area contributed by atoms with Crippen molar-refractivity contribution in [3.63, 3.8) is 0 Å². The number of carbonyl (C=O) groups excluding carboxylic acids is 2. The molecule has 3 rings (SSSR count). The fourth-order valence-corrected chi connectivity index (χ4v) is 3.95. The van der Waals surface area contributed by atoms with E-state index in [1.54, 1.807) is 42.5 Å². The van der Waals surface area contributed by atoms with Gasteiger partial charge in [-0.05, 0) is 36.6 Å². The standard InChI is InChI=1S/C19H19NO5S/c1-26(23,24)20-11-5-8-15-12-16(9-10-17(15)20)19(22)25-13-18(21)14-6-3-2-4-7-14/h2-4,6-7,9-10,12H,5,8,11,13H2,1H3. The molecule has 0 spiro atoms. The summed E-state index contributed by atoms with van der Waals surface area (Å²) in [5, 5.41) is 0. The van der Waals surface area contributed by atoms with E-state index in [9.17, 15) is 18.0 Å². The molecule has 26 heavy (non-hydrogen) atoms. The minimum atomic E-state index is -3.35. The lowest BCUT2D eigenvalue weighted by Gasteiger charge is -2.29. The fraction of sp³-hybridized carbons (Fsp3) is 0.263. The SMILES string of the molecule is CS(=O)(=O)N1CCCc2cc(C(=O)OCC(=O)c3ccccc3)ccc21. The second kappa shape index (κ2) is 7.29. The van der Waals surface area contributed by atoms with Crippen LogP contribution in [0.3, 0.4) is 0 Å². The van der Waals surface area contributed by atoms with Gasteiger partial charge in [-0.15, -0.1) is 0 Å². The molecule has 0 unspecified atom stereocenters. The molecule has 0 fully saturated rings. The number of aryl methyl sites for hydroxylation is 1. The van der Waals surface area contributed by atoms with Crippen molar-refractivity contribution in [2.24, 2.45) is 0 Å². The Labute approximate surface area is 152 Å². The van der Waals surface area contributed by atoms with E-state index < -0.39 is 16.0 Å². The van der Waals surface area contributed by atoms with E-state index in [2.05, 4.69) is 0 Å². The second-order valence-corrected chi connectivity index (χ2v) is 8.05. The first-order valence-electron chi connectivity index (χ1n) is 8.22. The average molecular weight is 373 g/mol. The molecule has 1 aliphatic rings. The lowest BCUT2D eigenvalue weighted by atomic mass is 10.0. The number of ether oxygens (including phenoxy) is 1. The van der Waals surface area contributed by atoms with Crippen molar-refractivity contribution in [1.29, 1.82) is 0 Å². The largest absolute Gasteiger partial charge is 0.454 e. The molecule has 0 aliphatic carbocycles. The van der Waals surface area contributed by atoms with Gasteiger partial charge in [0.2, 0.25) is 10.0 Å². The molecule has 2 aromatic rings. The summed E-state index contributed by atoms with van der Waals surface area (Å²) in [6, 6.07) is 13.4. The van der Waals surface area contributed by atoms with Crippen LogP contribution in [0, 0.1) is 0 Å². The van der Waals surface area contributed by atoms with Crippen LogP contribution in [0.5, 0.6) is 0 Å². The van der Waals surface area contributed by atoms with Gasteiger partial charge < -0.3 is 4.74 Å². The highest BCUT2D eigenvalue weighted by molar-refractivity contribution is 7.92. The van der Waals surface area contributed by atoms with E-state index in [1.165, 1.54) is 16.6 Å². The zero-order valence-corrected chi connectivity index (χ0v) is 15.2. The number of sulfonamides is 1. The number of nitrogens with zero attached hydrogens (tertiary/aromatic N) is 1. The van der Waals surface area contributed by atoms with Crippen molar-refractivity contribution in [2.75, 3.05) is 23.7 Å². The van der Waals surface area contributed by atoms with Gasteiger partial charge in [0, 0.05) is 12.1 Å². The number of hydrogen-bond acceptors (Lipinski definition) is 5. The third-order valence-electron chi connectivity index (χ3n) is 4.22. The Balaban J connectivity index is 1.72. The molecule has 0 atom stereocenters. The van der Waals surface area contributed by atoms with Gasteiger partial charge in [0.25, 0.3) is 0 Å². The highest BCUT2D eigenvalue weighted by atomic mass is 32.2. The Morgan fingerprint density at radius 1 is 1.08 bits per heavy atom. The van der Waals surface area contributed by atoms with Crippen molar-refractivity contribution in [1.82, 2.24) is 0 Å². The number of ketones is 1. The summed E-state index contributed by atoms with van der Waals surface area (Å²) < 4.78 is 30.2. The summed E-state index contributed by atoms with van der Waals surface area (Å²) in [5.74, 6) is -0.881. The Morgan fingerprint density at radius 2 is 1.81 bits per heavy atom. The Hall–Kier alpha value is -2.67. The third-order valence-corrected chi connectivity index (χ3v) is 5.40. The van der Waals surface area contributed by atoms with E-state index in [1.807, 2.05) is 0 Å². The Bertz CT molecular complexity index is 938. The number of carbonyl (C=O) groups is 2. The van der Waals surface area contributed by atoms with E-state index >= 15 is 0 Å². The van der Waals surface area contributed by atoms with Crippen molar-refractivity contribution in [3.05, 3.63) is 65.2 Å². The molecule has 6 nitrogen and oxygen atoms in total. The predicted molar refractivity (Wildman–Crippen MR) is 98.0 cm³/mol. The lowest BCUT2D eigenvalue weighted by Crippen LogP contribution is -2.34. The molecule has 2 aromatic carbocycles. The van der Waals surface area contributed by atoms with Crippen molar-refractivity contribution in [2.45, 2.75) is 12.8 Å². The molecule has 0 saturated carbocycles. The summed E-state index contributed by atoms with van der Waals surface area (Å²) in [7, 11) is -3.35. The molecule has 1 heterocycles. The van der Waals surface area contributed by atoms with Gasteiger partial charge >= 0.3 is 5.97 Å². The molecule has 136 valence electrons. The summed E-state index contributed by atoms with van der Waals surface area (Å²) >= 11 is 0. The highest BCUT2D eigenvalue weighted by Crippen LogP contribution is 2.30. The predicted octanol–water partition coefficient (Wildman–Crippen LogP) is 2.44. The van der Waals surface area contributed by atoms with Gasteiger partial charge in [0.1, 0.15) is 0 Å². The average Bonchev–Trinajstić information content (AvgIpc) is 2.64. The number of Topliss-reactive ketones (excluding diaryl/α,β-unsaturated/α-hetero) is 1. The number of fused-ring (bicyclic) bond motifs is 1. The Morgan fingerprint density at radius 3 is 2.50 bits per heavy atom. The summed E-state index contributed by atoms with van der Waals surface area (Å²) in [6.45, 7) is 0.0938. The van der Waals surface area contributed by atoms with Crippen LogP contribution < -0.4 is 4.31 Å². The van der Waals surface area contributed by atoms with Gasteiger partial charge in [0.15, 0.2) is 12.4 Å². The smallest absolute Gasteiger partial charge is 0.338 e. The lowest BCUT2D eigenvalue weighted by molar-refractivity contribution is 0.0474. The van der Waals surface area contributed by atoms with Gasteiger partial charge in [-0.2, -0.15) is 0 Å². The highest BCUT2D eigenvalue weighted by Gasteiger charge is 2.25. The second-order valence-electron chi connectivity index (χ2n) is 6.15. The fourth-order valence-electron chi connectivity index (χ4n) is 2.96. The number of anilines is 1. The van der Waals surface area contributed by atoms with Gasteiger partial charge in [-0.1, -0.05) is 30.3 Å². The van der Waals surface area contributed by atoms with Crippen LogP contribution in [-0.2, 0) is 21.2 Å². The Kier molecular flexibility index (Phi) is 5.08. The van der Waals surface area contributed by atoms with Crippen LogP contribution in [0.1, 0.15) is 32.7 Å². The van der Waals surface area contributed by atoms with Gasteiger partial charge in [0.05, 0.1) is 17.5 Å². The molecule has 0 bridgehead atoms. The van der Waals surface area contributed by atoms with Crippen molar-refractivity contribution < 1.29 is 22.7 Å². The first-order valence-corrected chi connectivity index (χ1v) is 10.1. The molecular weight excluding hydrogens is 354 g/mol. The van der Waals surface area contributed by atoms with Crippen LogP contribution in [0.25, 0.3) is 0 Å². The molecule has 0 amide bonds. The summed E-state index contributed by atoms with van der Waals surface area (Å²) in [6.07, 6.45) is 2.54. The molecule has 0 radical (unpaired) electrons. The summed E-state index contributed by atoms with van der Waals surface area (Å²) in [4.78, 5) is 24.3. The van der Waals surface area contributed by atoms with Crippen LogP contribution in [-0.4, -0.2) is 39.6 Å². The molecule has 1 aliphatic heterocycles. The molecule has 0 saturated heterocycles. The van der Waals surface area contributed by atoms with E-state index in [-0.39, 0.29) is 12.4 Å². The zero-order chi connectivity index (χ0) is 18.7. The maximum atomic E-state index is 12.2. The van der Waals surface area contributed by atoms with Crippen molar-refractivity contribution in [3.8, 4) is 0 Å². The first-order chi connectivity index (χ1) is 12.4. The maximum Gasteiger partial charge on any atom is 0.338 e. The quantitative estimate of drug-likeness (QED) is 0.594. The minimum Gasteiger partial charge on any atom is -0.454 e. The number of rotatable bonds is 5. The molecule has 7 heteroatoms. The van der Waals surface area contributed by atoms with Gasteiger partial charge in [-0.3, -0.25) is 9.10 Å². The maximum absolute atomic E-state index is 12.2. The number of esters is 1. The van der Waals surface area contributed by atoms with Crippen LogP contribution in [0.15, 0.2) is 48.5 Å². The number of hydrogen-bond donors (Lipinski definition) is 0. The monoisotopic (exact) mass is 373 g/mol. The molecule has 0 aromatic heterocycles. The molecule has 0 N–H and O–H groups in total. The normalized spacial score (nSPS) is 13.8. The summed E-state index contributed by atoms with van der Waals surface area (Å²) in [5.41, 5.74) is 2.16. The van der Waals surface area contributed by atoms with Crippen LogP contribution >= 0.6 is 0 Å². The van der Waals surface area contributed by atoms with Crippen molar-refractivity contribution >= 4 is 27.5 Å². The zero-order valence-electron chi connectivity index (χ0n) is 14.3. The van der Waals surface area contributed by atoms with Crippen LogP contribution in [0.2, 0.25) is 0 Å². The van der Waals surface area contributed by atoms with E-state index in [4.69, 9.17) is 4.74 Å². The van der Waals surface area contributed by atoms with Crippen LogP contribution in [0.4, 0.5) is 5.69 Å². The number of benzene rings is 2. The minimum absolute atomic E-state index is 0.278. The third kappa shape index (κ3) is 3.94.